The lowest BCUT2D eigenvalue weighted by molar-refractivity contribution is 0.353. The third kappa shape index (κ3) is 2.84. The minimum absolute atomic E-state index is 0.0843. The molecule has 0 bridgehead atoms. The Balaban J connectivity index is 2.64. The third-order valence-corrected chi connectivity index (χ3v) is 1.97. The van der Waals surface area contributed by atoms with Crippen molar-refractivity contribution >= 4 is 0 Å². The maximum atomic E-state index is 5.43. The maximum absolute atomic E-state index is 5.43. The molecule has 3 nitrogen and oxygen atoms in total. The van der Waals surface area contributed by atoms with Crippen molar-refractivity contribution < 1.29 is 0 Å². The molecule has 0 radical (unpaired) electrons. The van der Waals surface area contributed by atoms with Crippen LogP contribution in [0, 0.1) is 0 Å². The van der Waals surface area contributed by atoms with Gasteiger partial charge in [-0.1, -0.05) is 0 Å². The van der Waals surface area contributed by atoms with Gasteiger partial charge in [-0.15, -0.1) is 0 Å². The summed E-state index contributed by atoms with van der Waals surface area (Å²) in [6.07, 6.45) is 4.03. The highest BCUT2D eigenvalue weighted by Gasteiger charge is 2.13. The molecule has 0 aromatic carbocycles. The summed E-state index contributed by atoms with van der Waals surface area (Å²) in [4.78, 5) is 0. The second-order valence-corrected chi connectivity index (χ2v) is 4.31. The average molecular weight is 181 g/mol. The molecule has 2 N–H and O–H groups in total. The topological polar surface area (TPSA) is 43.8 Å². The Labute approximate surface area is 79.9 Å². The Bertz CT molecular complexity index is 257. The molecule has 13 heavy (non-hydrogen) atoms. The SMILES string of the molecule is CC(C)(C)n1ccc(CCCN)n1. The predicted molar refractivity (Wildman–Crippen MR) is 54.6 cm³/mol. The highest BCUT2D eigenvalue weighted by molar-refractivity contribution is 5.00. The summed E-state index contributed by atoms with van der Waals surface area (Å²) in [5, 5.41) is 4.48. The van der Waals surface area contributed by atoms with Gasteiger partial charge in [0, 0.05) is 6.20 Å². The molecule has 0 unspecified atom stereocenters. The van der Waals surface area contributed by atoms with Crippen LogP contribution in [0.15, 0.2) is 12.3 Å². The van der Waals surface area contributed by atoms with Gasteiger partial charge in [-0.05, 0) is 46.2 Å². The van der Waals surface area contributed by atoms with Crippen molar-refractivity contribution in [1.29, 1.82) is 0 Å². The molecule has 1 aromatic heterocycles. The number of aryl methyl sites for hydroxylation is 1. The van der Waals surface area contributed by atoms with Gasteiger partial charge in [0.15, 0.2) is 0 Å². The number of nitrogens with zero attached hydrogens (tertiary/aromatic N) is 2. The van der Waals surface area contributed by atoms with Crippen molar-refractivity contribution in [2.75, 3.05) is 6.54 Å². The van der Waals surface area contributed by atoms with Gasteiger partial charge in [0.1, 0.15) is 0 Å². The van der Waals surface area contributed by atoms with Crippen LogP contribution in [-0.2, 0) is 12.0 Å². The number of aromatic nitrogens is 2. The van der Waals surface area contributed by atoms with Gasteiger partial charge in [-0.2, -0.15) is 5.10 Å². The quantitative estimate of drug-likeness (QED) is 0.768. The number of nitrogens with two attached hydrogens (primary N) is 1. The van der Waals surface area contributed by atoms with E-state index in [0.29, 0.717) is 0 Å². The molecule has 0 saturated heterocycles. The van der Waals surface area contributed by atoms with E-state index in [1.807, 2.05) is 10.9 Å². The largest absolute Gasteiger partial charge is 0.330 e. The van der Waals surface area contributed by atoms with Crippen LogP contribution in [0.3, 0.4) is 0 Å². The Morgan fingerprint density at radius 3 is 2.62 bits per heavy atom. The van der Waals surface area contributed by atoms with Gasteiger partial charge >= 0.3 is 0 Å². The van der Waals surface area contributed by atoms with Gasteiger partial charge in [0.05, 0.1) is 11.2 Å². The molecule has 3 heteroatoms. The van der Waals surface area contributed by atoms with Crippen molar-refractivity contribution in [3.63, 3.8) is 0 Å². The summed E-state index contributed by atoms with van der Waals surface area (Å²) in [6.45, 7) is 7.18. The van der Waals surface area contributed by atoms with Crippen molar-refractivity contribution in [2.45, 2.75) is 39.2 Å². The molecule has 0 saturated carbocycles. The van der Waals surface area contributed by atoms with Gasteiger partial charge in [0.2, 0.25) is 0 Å². The Morgan fingerprint density at radius 1 is 1.46 bits per heavy atom. The van der Waals surface area contributed by atoms with Gasteiger partial charge in [-0.3, -0.25) is 4.68 Å². The zero-order chi connectivity index (χ0) is 9.90. The van der Waals surface area contributed by atoms with Crippen LogP contribution < -0.4 is 5.73 Å². The van der Waals surface area contributed by atoms with E-state index in [2.05, 4.69) is 31.9 Å². The smallest absolute Gasteiger partial charge is 0.0625 e. The minimum atomic E-state index is 0.0843. The van der Waals surface area contributed by atoms with Crippen molar-refractivity contribution in [1.82, 2.24) is 9.78 Å². The summed E-state index contributed by atoms with van der Waals surface area (Å²) < 4.78 is 2.00. The molecule has 0 aliphatic rings. The minimum Gasteiger partial charge on any atom is -0.330 e. The lowest BCUT2D eigenvalue weighted by Gasteiger charge is -2.18. The van der Waals surface area contributed by atoms with Crippen LogP contribution in [0.4, 0.5) is 0 Å². The summed E-state index contributed by atoms with van der Waals surface area (Å²) in [5.74, 6) is 0. The normalized spacial score (nSPS) is 12.0. The lowest BCUT2D eigenvalue weighted by atomic mass is 10.1. The van der Waals surface area contributed by atoms with Crippen LogP contribution >= 0.6 is 0 Å². The fourth-order valence-electron chi connectivity index (χ4n) is 1.15. The average Bonchev–Trinajstić information content (AvgIpc) is 2.47. The molecule has 0 fully saturated rings. The van der Waals surface area contributed by atoms with Gasteiger partial charge < -0.3 is 5.73 Å². The number of hydrogen-bond acceptors (Lipinski definition) is 2. The van der Waals surface area contributed by atoms with E-state index in [0.717, 1.165) is 25.1 Å². The Morgan fingerprint density at radius 2 is 2.15 bits per heavy atom. The lowest BCUT2D eigenvalue weighted by Crippen LogP contribution is -2.22. The molecule has 74 valence electrons. The molecular weight excluding hydrogens is 162 g/mol. The highest BCUT2D eigenvalue weighted by atomic mass is 15.3. The molecule has 1 heterocycles. The Hall–Kier alpha value is -0.830. The fourth-order valence-corrected chi connectivity index (χ4v) is 1.15. The van der Waals surface area contributed by atoms with E-state index in [-0.39, 0.29) is 5.54 Å². The van der Waals surface area contributed by atoms with Gasteiger partial charge in [-0.25, -0.2) is 0 Å². The van der Waals surface area contributed by atoms with Gasteiger partial charge in [0.25, 0.3) is 0 Å². The van der Waals surface area contributed by atoms with E-state index in [1.54, 1.807) is 0 Å². The first-order valence-corrected chi connectivity index (χ1v) is 4.79. The number of hydrogen-bond donors (Lipinski definition) is 1. The van der Waals surface area contributed by atoms with Crippen LogP contribution in [-0.4, -0.2) is 16.3 Å². The Kier molecular flexibility index (Phi) is 3.09. The molecule has 0 aliphatic heterocycles. The van der Waals surface area contributed by atoms with E-state index >= 15 is 0 Å². The summed E-state index contributed by atoms with van der Waals surface area (Å²) in [6, 6.07) is 2.07. The van der Waals surface area contributed by atoms with Crippen LogP contribution in [0.1, 0.15) is 32.9 Å². The molecule has 0 spiro atoms. The van der Waals surface area contributed by atoms with Crippen molar-refractivity contribution in [2.24, 2.45) is 5.73 Å². The molecule has 0 aliphatic carbocycles. The summed E-state index contributed by atoms with van der Waals surface area (Å²) in [7, 11) is 0. The van der Waals surface area contributed by atoms with Crippen LogP contribution in [0.5, 0.6) is 0 Å². The standard InChI is InChI=1S/C10H19N3/c1-10(2,3)13-8-6-9(12-13)5-4-7-11/h6,8H,4-5,7,11H2,1-3H3. The second-order valence-electron chi connectivity index (χ2n) is 4.31. The first-order valence-electron chi connectivity index (χ1n) is 4.79. The van der Waals surface area contributed by atoms with Crippen LogP contribution in [0.25, 0.3) is 0 Å². The first kappa shape index (κ1) is 10.3. The molecule has 1 aromatic rings. The zero-order valence-corrected chi connectivity index (χ0v) is 8.75. The van der Waals surface area contributed by atoms with E-state index < -0.39 is 0 Å². The second kappa shape index (κ2) is 3.92. The monoisotopic (exact) mass is 181 g/mol. The molecule has 0 atom stereocenters. The van der Waals surface area contributed by atoms with Crippen molar-refractivity contribution in [3.8, 4) is 0 Å². The maximum Gasteiger partial charge on any atom is 0.0625 e. The van der Waals surface area contributed by atoms with Crippen LogP contribution in [0.2, 0.25) is 0 Å². The van der Waals surface area contributed by atoms with E-state index in [1.165, 1.54) is 0 Å². The predicted octanol–water partition coefficient (Wildman–Crippen LogP) is 1.53. The number of rotatable bonds is 3. The van der Waals surface area contributed by atoms with E-state index in [4.69, 9.17) is 5.73 Å². The summed E-state index contributed by atoms with van der Waals surface area (Å²) in [5.41, 5.74) is 6.66. The zero-order valence-electron chi connectivity index (χ0n) is 8.75. The van der Waals surface area contributed by atoms with Crippen molar-refractivity contribution in [3.05, 3.63) is 18.0 Å². The molecular formula is C10H19N3. The third-order valence-electron chi connectivity index (χ3n) is 1.97. The molecule has 1 rings (SSSR count). The first-order chi connectivity index (χ1) is 6.04. The highest BCUT2D eigenvalue weighted by Crippen LogP contribution is 2.12. The summed E-state index contributed by atoms with van der Waals surface area (Å²) >= 11 is 0. The fraction of sp³-hybridized carbons (Fsp3) is 0.700. The molecule has 0 amide bonds. The van der Waals surface area contributed by atoms with E-state index in [9.17, 15) is 0 Å².